The first kappa shape index (κ1) is 26.5. The van der Waals surface area contributed by atoms with Crippen LogP contribution in [0, 0.1) is 0 Å². The summed E-state index contributed by atoms with van der Waals surface area (Å²) in [5.74, 6) is 0. The molecule has 0 bridgehead atoms. The second-order valence-corrected chi connectivity index (χ2v) is 13.5. The largest absolute Gasteiger partial charge is 0.135 e. The maximum atomic E-state index is 2.45. The van der Waals surface area contributed by atoms with Crippen LogP contribution in [0.4, 0.5) is 0 Å². The summed E-state index contributed by atoms with van der Waals surface area (Å²) in [5.41, 5.74) is 7.67. The molecule has 0 saturated carbocycles. The van der Waals surface area contributed by atoms with Gasteiger partial charge in [0.25, 0.3) is 0 Å². The van der Waals surface area contributed by atoms with Crippen LogP contribution in [0.15, 0.2) is 170 Å². The zero-order valence-corrected chi connectivity index (χ0v) is 26.4. The minimum Gasteiger partial charge on any atom is -0.135 e. The van der Waals surface area contributed by atoms with Gasteiger partial charge in [-0.25, -0.2) is 0 Å². The Bertz CT molecular complexity index is 2780. The standard InChI is InChI=1S/C46H28S/c1-2-13-30(14-3-1)44-37-16-6-8-18-39(37)45(40-19-9-7-17-38(40)44)31-25-27-42-41(28-31)46-36(22-11-23-43(46)47-42)34-21-10-20-33-32-15-5-4-12-29(32)24-26-35(33)34/h1-28H. The van der Waals surface area contributed by atoms with Gasteiger partial charge >= 0.3 is 0 Å². The highest BCUT2D eigenvalue weighted by Gasteiger charge is 2.19. The van der Waals surface area contributed by atoms with Gasteiger partial charge in [-0.1, -0.05) is 152 Å². The van der Waals surface area contributed by atoms with Crippen LogP contribution in [0.2, 0.25) is 0 Å². The fourth-order valence-electron chi connectivity index (χ4n) is 7.84. The summed E-state index contributed by atoms with van der Waals surface area (Å²) >= 11 is 1.89. The van der Waals surface area contributed by atoms with Crippen molar-refractivity contribution in [2.75, 3.05) is 0 Å². The third-order valence-corrected chi connectivity index (χ3v) is 11.0. The van der Waals surface area contributed by atoms with Crippen molar-refractivity contribution in [3.8, 4) is 33.4 Å². The number of fused-ring (bicyclic) bond motifs is 8. The van der Waals surface area contributed by atoms with Gasteiger partial charge in [0, 0.05) is 20.2 Å². The fourth-order valence-corrected chi connectivity index (χ4v) is 8.95. The third-order valence-electron chi connectivity index (χ3n) is 9.85. The number of hydrogen-bond donors (Lipinski definition) is 0. The van der Waals surface area contributed by atoms with E-state index in [-0.39, 0.29) is 0 Å². The molecule has 0 aliphatic carbocycles. The van der Waals surface area contributed by atoms with E-state index in [1.54, 1.807) is 0 Å². The summed E-state index contributed by atoms with van der Waals surface area (Å²) in [5, 5.41) is 13.0. The van der Waals surface area contributed by atoms with Gasteiger partial charge in [0.15, 0.2) is 0 Å². The van der Waals surface area contributed by atoms with E-state index in [2.05, 4.69) is 170 Å². The first-order chi connectivity index (χ1) is 23.3. The Morgan fingerprint density at radius 2 is 0.894 bits per heavy atom. The maximum absolute atomic E-state index is 2.45. The van der Waals surface area contributed by atoms with Crippen LogP contribution in [0.25, 0.3) is 96.6 Å². The Hall–Kier alpha value is -5.76. The molecule has 9 aromatic carbocycles. The van der Waals surface area contributed by atoms with E-state index >= 15 is 0 Å². The molecule has 1 heterocycles. The molecule has 10 aromatic rings. The Morgan fingerprint density at radius 3 is 1.64 bits per heavy atom. The topological polar surface area (TPSA) is 0 Å². The van der Waals surface area contributed by atoms with Crippen molar-refractivity contribution >= 4 is 74.6 Å². The molecular weight excluding hydrogens is 585 g/mol. The van der Waals surface area contributed by atoms with Gasteiger partial charge in [0.2, 0.25) is 0 Å². The SMILES string of the molecule is c1ccc(-c2c3ccccc3c(-c3ccc4sc5cccc(-c6cccc7c6ccc6ccccc67)c5c4c3)c3ccccc23)cc1. The number of hydrogen-bond acceptors (Lipinski definition) is 1. The first-order valence-electron chi connectivity index (χ1n) is 16.2. The van der Waals surface area contributed by atoms with Crippen LogP contribution in [0.5, 0.6) is 0 Å². The predicted molar refractivity (Wildman–Crippen MR) is 206 cm³/mol. The van der Waals surface area contributed by atoms with Crippen molar-refractivity contribution in [2.45, 2.75) is 0 Å². The Kier molecular flexibility index (Phi) is 5.85. The van der Waals surface area contributed by atoms with E-state index in [0.29, 0.717) is 0 Å². The molecule has 0 atom stereocenters. The van der Waals surface area contributed by atoms with Crippen LogP contribution in [0.3, 0.4) is 0 Å². The summed E-state index contributed by atoms with van der Waals surface area (Å²) in [4.78, 5) is 0. The second kappa shape index (κ2) is 10.4. The lowest BCUT2D eigenvalue weighted by atomic mass is 9.85. The smallest absolute Gasteiger partial charge is 0.0361 e. The molecule has 0 N–H and O–H groups in total. The van der Waals surface area contributed by atoms with Gasteiger partial charge < -0.3 is 0 Å². The summed E-state index contributed by atoms with van der Waals surface area (Å²) in [6, 6.07) is 62.7. The molecule has 0 amide bonds. The van der Waals surface area contributed by atoms with Crippen molar-refractivity contribution in [1.82, 2.24) is 0 Å². The fraction of sp³-hybridized carbons (Fsp3) is 0. The first-order valence-corrected chi connectivity index (χ1v) is 17.0. The number of thiophene rings is 1. The summed E-state index contributed by atoms with van der Waals surface area (Å²) < 4.78 is 2.64. The van der Waals surface area contributed by atoms with Crippen LogP contribution < -0.4 is 0 Å². The van der Waals surface area contributed by atoms with E-state index in [1.807, 2.05) is 11.3 Å². The molecule has 0 aliphatic rings. The van der Waals surface area contributed by atoms with Crippen molar-refractivity contribution in [1.29, 1.82) is 0 Å². The van der Waals surface area contributed by atoms with Crippen molar-refractivity contribution in [3.63, 3.8) is 0 Å². The Labute approximate surface area is 276 Å². The number of rotatable bonds is 3. The van der Waals surface area contributed by atoms with Crippen molar-refractivity contribution in [2.24, 2.45) is 0 Å². The highest BCUT2D eigenvalue weighted by Crippen LogP contribution is 2.47. The van der Waals surface area contributed by atoms with Crippen LogP contribution in [-0.2, 0) is 0 Å². The van der Waals surface area contributed by atoms with E-state index in [4.69, 9.17) is 0 Å². The molecule has 0 nitrogen and oxygen atoms in total. The van der Waals surface area contributed by atoms with Gasteiger partial charge in [0.05, 0.1) is 0 Å². The monoisotopic (exact) mass is 612 g/mol. The molecule has 0 aliphatic heterocycles. The lowest BCUT2D eigenvalue weighted by Gasteiger charge is -2.18. The zero-order chi connectivity index (χ0) is 30.9. The average Bonchev–Trinajstić information content (AvgIpc) is 3.52. The minimum absolute atomic E-state index is 1.25. The molecule has 0 radical (unpaired) electrons. The highest BCUT2D eigenvalue weighted by molar-refractivity contribution is 7.26. The molecule has 0 unspecified atom stereocenters. The lowest BCUT2D eigenvalue weighted by molar-refractivity contribution is 1.66. The van der Waals surface area contributed by atoms with E-state index < -0.39 is 0 Å². The molecule has 47 heavy (non-hydrogen) atoms. The summed E-state index contributed by atoms with van der Waals surface area (Å²) in [7, 11) is 0. The Balaban J connectivity index is 1.27. The molecule has 218 valence electrons. The molecule has 0 spiro atoms. The quantitative estimate of drug-likeness (QED) is 0.138. The van der Waals surface area contributed by atoms with E-state index in [1.165, 1.54) is 96.6 Å². The maximum Gasteiger partial charge on any atom is 0.0361 e. The van der Waals surface area contributed by atoms with Gasteiger partial charge in [-0.05, 0) is 94.7 Å². The normalized spacial score (nSPS) is 11.8. The summed E-state index contributed by atoms with van der Waals surface area (Å²) in [6.45, 7) is 0. The van der Waals surface area contributed by atoms with Gasteiger partial charge in [-0.2, -0.15) is 0 Å². The van der Waals surface area contributed by atoms with Crippen LogP contribution in [-0.4, -0.2) is 0 Å². The zero-order valence-electron chi connectivity index (χ0n) is 25.6. The molecular formula is C46H28S. The molecule has 1 aromatic heterocycles. The van der Waals surface area contributed by atoms with Gasteiger partial charge in [-0.3, -0.25) is 0 Å². The molecule has 0 saturated heterocycles. The van der Waals surface area contributed by atoms with Crippen LogP contribution >= 0.6 is 11.3 Å². The van der Waals surface area contributed by atoms with E-state index in [9.17, 15) is 0 Å². The predicted octanol–water partition coefficient (Wildman–Crippen LogP) is 13.7. The lowest BCUT2D eigenvalue weighted by Crippen LogP contribution is -1.90. The van der Waals surface area contributed by atoms with E-state index in [0.717, 1.165) is 0 Å². The second-order valence-electron chi connectivity index (χ2n) is 12.4. The van der Waals surface area contributed by atoms with Crippen LogP contribution in [0.1, 0.15) is 0 Å². The third kappa shape index (κ3) is 4.00. The minimum atomic E-state index is 1.25. The van der Waals surface area contributed by atoms with Crippen molar-refractivity contribution in [3.05, 3.63) is 170 Å². The molecule has 0 fully saturated rings. The summed E-state index contributed by atoms with van der Waals surface area (Å²) in [6.07, 6.45) is 0. The van der Waals surface area contributed by atoms with Crippen molar-refractivity contribution < 1.29 is 0 Å². The number of benzene rings is 9. The highest BCUT2D eigenvalue weighted by atomic mass is 32.1. The van der Waals surface area contributed by atoms with Gasteiger partial charge in [0.1, 0.15) is 0 Å². The Morgan fingerprint density at radius 1 is 0.298 bits per heavy atom. The van der Waals surface area contributed by atoms with Gasteiger partial charge in [-0.15, -0.1) is 11.3 Å². The molecule has 10 rings (SSSR count). The average molecular weight is 613 g/mol. The molecule has 1 heteroatoms.